The highest BCUT2D eigenvalue weighted by Gasteiger charge is 2.29. The molecular formula is C8H16N2S2. The summed E-state index contributed by atoms with van der Waals surface area (Å²) < 4.78 is 0. The third-order valence-electron chi connectivity index (χ3n) is 2.57. The molecule has 1 atom stereocenters. The topological polar surface area (TPSA) is 29.3 Å². The van der Waals surface area contributed by atoms with Crippen LogP contribution in [0.4, 0.5) is 0 Å². The Bertz CT molecular complexity index is 150. The minimum Gasteiger partial charge on any atom is -0.329 e. The number of rotatable bonds is 2. The van der Waals surface area contributed by atoms with Gasteiger partial charge >= 0.3 is 0 Å². The lowest BCUT2D eigenvalue weighted by Gasteiger charge is -2.41. The average molecular weight is 204 g/mol. The summed E-state index contributed by atoms with van der Waals surface area (Å²) in [5, 5.41) is 0.698. The largest absolute Gasteiger partial charge is 0.329 e. The van der Waals surface area contributed by atoms with E-state index in [1.54, 1.807) is 0 Å². The quantitative estimate of drug-likeness (QED) is 0.708. The molecule has 0 spiro atoms. The Morgan fingerprint density at radius 2 is 2.25 bits per heavy atom. The molecule has 2 aliphatic heterocycles. The Hall–Kier alpha value is 0.620. The summed E-state index contributed by atoms with van der Waals surface area (Å²) in [5.74, 6) is 3.98. The second-order valence-corrected chi connectivity index (χ2v) is 5.90. The zero-order valence-electron chi connectivity index (χ0n) is 7.24. The number of nitrogens with zero attached hydrogens (tertiary/aromatic N) is 1. The van der Waals surface area contributed by atoms with Crippen molar-refractivity contribution in [1.29, 1.82) is 0 Å². The highest BCUT2D eigenvalue weighted by Crippen LogP contribution is 2.27. The Morgan fingerprint density at radius 3 is 2.83 bits per heavy atom. The highest BCUT2D eigenvalue weighted by molar-refractivity contribution is 8.00. The van der Waals surface area contributed by atoms with Crippen molar-refractivity contribution in [3.63, 3.8) is 0 Å². The summed E-state index contributed by atoms with van der Waals surface area (Å²) in [7, 11) is 0. The average Bonchev–Trinajstić information content (AvgIpc) is 2.02. The molecule has 0 amide bonds. The van der Waals surface area contributed by atoms with Crippen LogP contribution < -0.4 is 5.73 Å². The summed E-state index contributed by atoms with van der Waals surface area (Å²) in [6.45, 7) is 3.36. The molecule has 2 saturated heterocycles. The molecule has 0 aromatic rings. The third kappa shape index (κ3) is 1.92. The van der Waals surface area contributed by atoms with Crippen molar-refractivity contribution in [3.8, 4) is 0 Å². The van der Waals surface area contributed by atoms with Gasteiger partial charge < -0.3 is 5.73 Å². The molecule has 0 aromatic heterocycles. The van der Waals surface area contributed by atoms with Crippen molar-refractivity contribution in [3.05, 3.63) is 0 Å². The van der Waals surface area contributed by atoms with Crippen LogP contribution in [0.15, 0.2) is 0 Å². The predicted molar refractivity (Wildman–Crippen MR) is 58.0 cm³/mol. The van der Waals surface area contributed by atoms with Crippen LogP contribution >= 0.6 is 23.5 Å². The van der Waals surface area contributed by atoms with Gasteiger partial charge in [-0.05, 0) is 0 Å². The molecule has 2 fully saturated rings. The first-order valence-electron chi connectivity index (χ1n) is 4.53. The molecule has 2 aliphatic rings. The lowest BCUT2D eigenvalue weighted by atomic mass is 10.2. The van der Waals surface area contributed by atoms with E-state index in [2.05, 4.69) is 16.7 Å². The molecule has 0 aromatic carbocycles. The van der Waals surface area contributed by atoms with E-state index >= 15 is 0 Å². The summed E-state index contributed by atoms with van der Waals surface area (Å²) in [6.07, 6.45) is 0. The fourth-order valence-corrected chi connectivity index (χ4v) is 3.62. The Morgan fingerprint density at radius 1 is 1.42 bits per heavy atom. The van der Waals surface area contributed by atoms with E-state index in [0.29, 0.717) is 5.25 Å². The first kappa shape index (κ1) is 9.19. The maximum atomic E-state index is 5.67. The monoisotopic (exact) mass is 204 g/mol. The third-order valence-corrected chi connectivity index (χ3v) is 5.04. The maximum Gasteiger partial charge on any atom is 0.0298 e. The van der Waals surface area contributed by atoms with Crippen LogP contribution in [0.3, 0.4) is 0 Å². The molecule has 0 radical (unpaired) electrons. The van der Waals surface area contributed by atoms with Crippen molar-refractivity contribution in [2.24, 2.45) is 5.73 Å². The molecule has 1 unspecified atom stereocenters. The van der Waals surface area contributed by atoms with Gasteiger partial charge in [0.25, 0.3) is 0 Å². The fourth-order valence-electron chi connectivity index (χ4n) is 1.65. The first-order chi connectivity index (χ1) is 5.90. The standard InChI is InChI=1S/C8H16N2S2/c9-3-8-4-10(1-2-12-8)7-5-11-6-7/h7-8H,1-6,9H2. The van der Waals surface area contributed by atoms with Crippen LogP contribution in [0.2, 0.25) is 0 Å². The van der Waals surface area contributed by atoms with Crippen molar-refractivity contribution in [2.75, 3.05) is 36.9 Å². The molecule has 70 valence electrons. The van der Waals surface area contributed by atoms with Crippen molar-refractivity contribution < 1.29 is 0 Å². The van der Waals surface area contributed by atoms with Crippen LogP contribution in [-0.4, -0.2) is 53.1 Å². The fraction of sp³-hybridized carbons (Fsp3) is 1.00. The van der Waals surface area contributed by atoms with E-state index in [0.717, 1.165) is 12.6 Å². The van der Waals surface area contributed by atoms with Gasteiger partial charge in [0, 0.05) is 48.2 Å². The number of hydrogen-bond acceptors (Lipinski definition) is 4. The van der Waals surface area contributed by atoms with E-state index in [4.69, 9.17) is 5.73 Å². The van der Waals surface area contributed by atoms with Crippen LogP contribution in [0.5, 0.6) is 0 Å². The van der Waals surface area contributed by atoms with E-state index in [1.807, 2.05) is 11.8 Å². The number of hydrogen-bond donors (Lipinski definition) is 1. The van der Waals surface area contributed by atoms with Crippen molar-refractivity contribution in [2.45, 2.75) is 11.3 Å². The molecular weight excluding hydrogens is 188 g/mol. The molecule has 2 nitrogen and oxygen atoms in total. The van der Waals surface area contributed by atoms with Crippen molar-refractivity contribution >= 4 is 23.5 Å². The lowest BCUT2D eigenvalue weighted by molar-refractivity contribution is 0.229. The molecule has 2 rings (SSSR count). The van der Waals surface area contributed by atoms with Crippen LogP contribution in [0.25, 0.3) is 0 Å². The van der Waals surface area contributed by atoms with E-state index in [-0.39, 0.29) is 0 Å². The molecule has 12 heavy (non-hydrogen) atoms. The summed E-state index contributed by atoms with van der Waals surface area (Å²) >= 11 is 4.11. The summed E-state index contributed by atoms with van der Waals surface area (Å²) in [5.41, 5.74) is 5.67. The smallest absolute Gasteiger partial charge is 0.0298 e. The SMILES string of the molecule is NCC1CN(C2CSC2)CCS1. The zero-order valence-corrected chi connectivity index (χ0v) is 8.87. The molecule has 0 bridgehead atoms. The van der Waals surface area contributed by atoms with Crippen LogP contribution in [-0.2, 0) is 0 Å². The minimum atomic E-state index is 0.698. The number of thioether (sulfide) groups is 2. The van der Waals surface area contributed by atoms with Gasteiger partial charge in [-0.15, -0.1) is 0 Å². The zero-order chi connectivity index (χ0) is 8.39. The van der Waals surface area contributed by atoms with Gasteiger partial charge in [-0.2, -0.15) is 23.5 Å². The second kappa shape index (κ2) is 4.22. The normalized spacial score (nSPS) is 33.2. The van der Waals surface area contributed by atoms with E-state index in [9.17, 15) is 0 Å². The number of nitrogens with two attached hydrogens (primary N) is 1. The molecule has 2 N–H and O–H groups in total. The summed E-state index contributed by atoms with van der Waals surface area (Å²) in [6, 6.07) is 0.880. The predicted octanol–water partition coefficient (Wildman–Crippen LogP) is 0.478. The van der Waals surface area contributed by atoms with Crippen LogP contribution in [0.1, 0.15) is 0 Å². The molecule has 0 aliphatic carbocycles. The second-order valence-electron chi connectivity index (χ2n) is 3.41. The Labute approximate surface area is 82.6 Å². The first-order valence-corrected chi connectivity index (χ1v) is 6.74. The molecule has 4 heteroatoms. The van der Waals surface area contributed by atoms with Gasteiger partial charge in [0.2, 0.25) is 0 Å². The lowest BCUT2D eigenvalue weighted by Crippen LogP contribution is -2.51. The van der Waals surface area contributed by atoms with Gasteiger partial charge in [-0.25, -0.2) is 0 Å². The van der Waals surface area contributed by atoms with Gasteiger partial charge in [-0.1, -0.05) is 0 Å². The Balaban J connectivity index is 1.81. The van der Waals surface area contributed by atoms with Gasteiger partial charge in [-0.3, -0.25) is 4.90 Å². The minimum absolute atomic E-state index is 0.698. The molecule has 0 saturated carbocycles. The van der Waals surface area contributed by atoms with Gasteiger partial charge in [0.1, 0.15) is 0 Å². The maximum absolute atomic E-state index is 5.67. The van der Waals surface area contributed by atoms with Crippen molar-refractivity contribution in [1.82, 2.24) is 4.90 Å². The molecule has 2 heterocycles. The van der Waals surface area contributed by atoms with E-state index < -0.39 is 0 Å². The van der Waals surface area contributed by atoms with Gasteiger partial charge in [0.05, 0.1) is 0 Å². The summed E-state index contributed by atoms with van der Waals surface area (Å²) in [4.78, 5) is 2.63. The van der Waals surface area contributed by atoms with E-state index in [1.165, 1.54) is 30.3 Å². The highest BCUT2D eigenvalue weighted by atomic mass is 32.2. The van der Waals surface area contributed by atoms with Gasteiger partial charge in [0.15, 0.2) is 0 Å². The Kier molecular flexibility index (Phi) is 3.23. The van der Waals surface area contributed by atoms with Crippen LogP contribution in [0, 0.1) is 0 Å².